The van der Waals surface area contributed by atoms with E-state index in [1.807, 2.05) is 64.2 Å². The molecule has 0 bridgehead atoms. The highest BCUT2D eigenvalue weighted by atomic mass is 16.6. The summed E-state index contributed by atoms with van der Waals surface area (Å²) >= 11 is 0. The van der Waals surface area contributed by atoms with Crippen LogP contribution in [0.5, 0.6) is 0 Å². The molecule has 1 aromatic carbocycles. The summed E-state index contributed by atoms with van der Waals surface area (Å²) in [7, 11) is 0. The van der Waals surface area contributed by atoms with E-state index in [4.69, 9.17) is 4.74 Å². The third kappa shape index (κ3) is 5.45. The van der Waals surface area contributed by atoms with Gasteiger partial charge in [0.15, 0.2) is 5.69 Å². The molecule has 174 valence electrons. The fraction of sp³-hybridized carbons (Fsp3) is 0.400. The molecule has 3 heterocycles. The number of hydrogen-bond acceptors (Lipinski definition) is 5. The van der Waals surface area contributed by atoms with Crippen LogP contribution in [-0.4, -0.2) is 58.3 Å². The summed E-state index contributed by atoms with van der Waals surface area (Å²) in [5, 5.41) is 7.36. The molecule has 1 atom stereocenters. The molecule has 8 heteroatoms. The standard InChI is InChI=1S/C25H31N5O3/c1-18(26-23(31)22-17-21-7-5-6-12-30(21)27-22)19-8-10-20(11-9-19)28-13-15-29(16-14-28)24(32)33-25(2,3)4/h5-12,17-18H,13-16H2,1-4H3,(H,26,31). The van der Waals surface area contributed by atoms with Crippen LogP contribution in [0.15, 0.2) is 54.7 Å². The van der Waals surface area contributed by atoms with Gasteiger partial charge in [-0.05, 0) is 63.6 Å². The number of carbonyl (C=O) groups is 2. The minimum Gasteiger partial charge on any atom is -0.444 e. The first-order valence-electron chi connectivity index (χ1n) is 11.3. The van der Waals surface area contributed by atoms with E-state index in [2.05, 4.69) is 27.4 Å². The lowest BCUT2D eigenvalue weighted by Gasteiger charge is -2.36. The molecule has 4 rings (SSSR count). The maximum Gasteiger partial charge on any atom is 0.410 e. The van der Waals surface area contributed by atoms with Gasteiger partial charge in [0.2, 0.25) is 0 Å². The molecule has 1 aliphatic heterocycles. The fourth-order valence-corrected chi connectivity index (χ4v) is 3.85. The summed E-state index contributed by atoms with van der Waals surface area (Å²) in [5.41, 5.74) is 2.91. The highest BCUT2D eigenvalue weighted by molar-refractivity contribution is 5.93. The van der Waals surface area contributed by atoms with E-state index in [9.17, 15) is 9.59 Å². The van der Waals surface area contributed by atoms with E-state index < -0.39 is 5.60 Å². The second-order valence-corrected chi connectivity index (χ2v) is 9.34. The van der Waals surface area contributed by atoms with Crippen LogP contribution in [0.4, 0.5) is 10.5 Å². The Balaban J connectivity index is 1.32. The number of nitrogens with one attached hydrogen (secondary N) is 1. The quantitative estimate of drug-likeness (QED) is 0.654. The summed E-state index contributed by atoms with van der Waals surface area (Å²) in [6, 6.07) is 15.5. The molecule has 3 aromatic rings. The zero-order valence-electron chi connectivity index (χ0n) is 19.6. The Labute approximate surface area is 194 Å². The normalized spacial score (nSPS) is 15.4. The van der Waals surface area contributed by atoms with Crippen molar-refractivity contribution in [1.82, 2.24) is 19.8 Å². The third-order valence-electron chi connectivity index (χ3n) is 5.64. The molecular formula is C25H31N5O3. The number of nitrogens with zero attached hydrogens (tertiary/aromatic N) is 4. The summed E-state index contributed by atoms with van der Waals surface area (Å²) in [5.74, 6) is -0.200. The molecule has 1 aliphatic rings. The number of piperazine rings is 1. The first-order chi connectivity index (χ1) is 15.7. The number of amides is 2. The molecule has 0 aliphatic carbocycles. The van der Waals surface area contributed by atoms with Crippen LogP contribution < -0.4 is 10.2 Å². The van der Waals surface area contributed by atoms with Crippen LogP contribution in [0.3, 0.4) is 0 Å². The Kier molecular flexibility index (Phi) is 6.26. The van der Waals surface area contributed by atoms with Crippen molar-refractivity contribution in [2.75, 3.05) is 31.1 Å². The zero-order valence-corrected chi connectivity index (χ0v) is 19.6. The molecule has 1 saturated heterocycles. The van der Waals surface area contributed by atoms with Crippen molar-refractivity contribution in [2.24, 2.45) is 0 Å². The van der Waals surface area contributed by atoms with Gasteiger partial charge < -0.3 is 19.9 Å². The maximum absolute atomic E-state index is 12.6. The predicted octanol–water partition coefficient (Wildman–Crippen LogP) is 3.88. The van der Waals surface area contributed by atoms with Crippen molar-refractivity contribution < 1.29 is 14.3 Å². The van der Waals surface area contributed by atoms with E-state index in [1.54, 1.807) is 15.5 Å². The largest absolute Gasteiger partial charge is 0.444 e. The molecule has 8 nitrogen and oxygen atoms in total. The number of rotatable bonds is 4. The van der Waals surface area contributed by atoms with Gasteiger partial charge in [-0.3, -0.25) is 4.79 Å². The summed E-state index contributed by atoms with van der Waals surface area (Å²) in [6.45, 7) is 10.3. The number of anilines is 1. The van der Waals surface area contributed by atoms with E-state index >= 15 is 0 Å². The van der Waals surface area contributed by atoms with Gasteiger partial charge >= 0.3 is 6.09 Å². The Morgan fingerprint density at radius 3 is 2.36 bits per heavy atom. The average molecular weight is 450 g/mol. The van der Waals surface area contributed by atoms with Gasteiger partial charge in [-0.25, -0.2) is 9.31 Å². The SMILES string of the molecule is CC(NC(=O)c1cc2ccccn2n1)c1ccc(N2CCN(C(=O)OC(C)(C)C)CC2)cc1. The molecule has 0 radical (unpaired) electrons. The number of carbonyl (C=O) groups excluding carboxylic acids is 2. The number of fused-ring (bicyclic) bond motifs is 1. The van der Waals surface area contributed by atoms with Crippen LogP contribution in [0, 0.1) is 0 Å². The number of hydrogen-bond donors (Lipinski definition) is 1. The minimum absolute atomic E-state index is 0.152. The Hall–Kier alpha value is -3.55. The molecule has 1 fully saturated rings. The van der Waals surface area contributed by atoms with Gasteiger partial charge in [-0.2, -0.15) is 5.10 Å². The Bertz CT molecular complexity index is 1090. The van der Waals surface area contributed by atoms with Crippen molar-refractivity contribution >= 4 is 23.2 Å². The first kappa shape index (κ1) is 22.6. The monoisotopic (exact) mass is 449 g/mol. The van der Waals surface area contributed by atoms with E-state index in [-0.39, 0.29) is 18.0 Å². The summed E-state index contributed by atoms with van der Waals surface area (Å²) < 4.78 is 7.16. The van der Waals surface area contributed by atoms with Gasteiger partial charge in [-0.15, -0.1) is 0 Å². The molecule has 0 spiro atoms. The fourth-order valence-electron chi connectivity index (χ4n) is 3.85. The highest BCUT2D eigenvalue weighted by Crippen LogP contribution is 2.22. The number of benzene rings is 1. The molecule has 1 unspecified atom stereocenters. The molecule has 2 aromatic heterocycles. The van der Waals surface area contributed by atoms with Gasteiger partial charge in [-0.1, -0.05) is 18.2 Å². The first-order valence-corrected chi connectivity index (χ1v) is 11.3. The molecular weight excluding hydrogens is 418 g/mol. The predicted molar refractivity (Wildman–Crippen MR) is 128 cm³/mol. The van der Waals surface area contributed by atoms with Crippen LogP contribution in [0.25, 0.3) is 5.52 Å². The van der Waals surface area contributed by atoms with Gasteiger partial charge in [0.25, 0.3) is 5.91 Å². The van der Waals surface area contributed by atoms with Crippen LogP contribution in [-0.2, 0) is 4.74 Å². The van der Waals surface area contributed by atoms with E-state index in [1.165, 1.54) is 0 Å². The van der Waals surface area contributed by atoms with E-state index in [0.717, 1.165) is 29.9 Å². The Morgan fingerprint density at radius 2 is 1.73 bits per heavy atom. The lowest BCUT2D eigenvalue weighted by atomic mass is 10.1. The minimum atomic E-state index is -0.485. The van der Waals surface area contributed by atoms with Crippen LogP contribution in [0.2, 0.25) is 0 Å². The van der Waals surface area contributed by atoms with Crippen LogP contribution >= 0.6 is 0 Å². The van der Waals surface area contributed by atoms with Crippen molar-refractivity contribution in [2.45, 2.75) is 39.3 Å². The molecule has 1 N–H and O–H groups in total. The second-order valence-electron chi connectivity index (χ2n) is 9.34. The molecule has 33 heavy (non-hydrogen) atoms. The molecule has 2 amide bonds. The van der Waals surface area contributed by atoms with Crippen LogP contribution in [0.1, 0.15) is 49.8 Å². The highest BCUT2D eigenvalue weighted by Gasteiger charge is 2.26. The third-order valence-corrected chi connectivity index (χ3v) is 5.64. The number of aromatic nitrogens is 2. The van der Waals surface area contributed by atoms with Gasteiger partial charge in [0.05, 0.1) is 11.6 Å². The smallest absolute Gasteiger partial charge is 0.410 e. The van der Waals surface area contributed by atoms with Gasteiger partial charge in [0, 0.05) is 38.1 Å². The van der Waals surface area contributed by atoms with Crippen molar-refractivity contribution in [3.8, 4) is 0 Å². The van der Waals surface area contributed by atoms with Crippen molar-refractivity contribution in [1.29, 1.82) is 0 Å². The van der Waals surface area contributed by atoms with Crippen molar-refractivity contribution in [3.05, 3.63) is 66.0 Å². The number of pyridine rings is 1. The number of ether oxygens (including phenoxy) is 1. The lowest BCUT2D eigenvalue weighted by molar-refractivity contribution is 0.0240. The summed E-state index contributed by atoms with van der Waals surface area (Å²) in [4.78, 5) is 28.9. The van der Waals surface area contributed by atoms with Crippen molar-refractivity contribution in [3.63, 3.8) is 0 Å². The van der Waals surface area contributed by atoms with Gasteiger partial charge in [0.1, 0.15) is 5.60 Å². The Morgan fingerprint density at radius 1 is 1.03 bits per heavy atom. The lowest BCUT2D eigenvalue weighted by Crippen LogP contribution is -2.50. The van der Waals surface area contributed by atoms with E-state index in [0.29, 0.717) is 18.8 Å². The summed E-state index contributed by atoms with van der Waals surface area (Å²) in [6.07, 6.45) is 1.56. The molecule has 0 saturated carbocycles. The second kappa shape index (κ2) is 9.13. The topological polar surface area (TPSA) is 79.2 Å². The zero-order chi connectivity index (χ0) is 23.6. The average Bonchev–Trinajstić information content (AvgIpc) is 3.23. The maximum atomic E-state index is 12.6.